The van der Waals surface area contributed by atoms with Crippen LogP contribution in [0.2, 0.25) is 0 Å². The summed E-state index contributed by atoms with van der Waals surface area (Å²) in [6.45, 7) is -0.225. The molecule has 0 heterocycles. The van der Waals surface area contributed by atoms with Gasteiger partial charge < -0.3 is 15.8 Å². The molecule has 0 aliphatic rings. The van der Waals surface area contributed by atoms with E-state index >= 15 is 0 Å². The highest BCUT2D eigenvalue weighted by Gasteiger charge is 2.08. The van der Waals surface area contributed by atoms with E-state index in [1.807, 2.05) is 0 Å². The molecular weight excluding hydrogens is 227 g/mol. The van der Waals surface area contributed by atoms with Crippen molar-refractivity contribution in [3.63, 3.8) is 0 Å². The molecule has 0 fully saturated rings. The molecule has 5 nitrogen and oxygen atoms in total. The van der Waals surface area contributed by atoms with Crippen LogP contribution in [0.1, 0.15) is 5.56 Å². The maximum atomic E-state index is 13.3. The zero-order valence-electron chi connectivity index (χ0n) is 9.33. The molecule has 0 atom stereocenters. The van der Waals surface area contributed by atoms with E-state index in [2.05, 4.69) is 5.32 Å². The van der Waals surface area contributed by atoms with Gasteiger partial charge in [0.1, 0.15) is 0 Å². The van der Waals surface area contributed by atoms with Crippen molar-refractivity contribution in [2.75, 3.05) is 13.7 Å². The Morgan fingerprint density at radius 1 is 1.47 bits per heavy atom. The van der Waals surface area contributed by atoms with Crippen LogP contribution in [0.3, 0.4) is 0 Å². The van der Waals surface area contributed by atoms with Crippen molar-refractivity contribution < 1.29 is 18.7 Å². The Balaban J connectivity index is 2.60. The van der Waals surface area contributed by atoms with Gasteiger partial charge >= 0.3 is 0 Å². The standard InChI is InChI=1S/C11H13FN2O3/c1-17-9-3-2-7(4-8(9)12)5-11(16)14-6-10(13)15/h2-4H,5-6H2,1H3,(H2,13,15)(H,14,16). The van der Waals surface area contributed by atoms with Crippen LogP contribution in [0.5, 0.6) is 5.75 Å². The number of hydrogen-bond acceptors (Lipinski definition) is 3. The molecule has 0 saturated heterocycles. The Morgan fingerprint density at radius 2 is 2.18 bits per heavy atom. The van der Waals surface area contributed by atoms with Gasteiger partial charge in [-0.3, -0.25) is 9.59 Å². The lowest BCUT2D eigenvalue weighted by atomic mass is 10.1. The molecule has 0 aliphatic heterocycles. The molecule has 1 aromatic rings. The van der Waals surface area contributed by atoms with E-state index in [0.29, 0.717) is 5.56 Å². The first-order chi connectivity index (χ1) is 8.02. The number of carbonyl (C=O) groups is 2. The van der Waals surface area contributed by atoms with Gasteiger partial charge in [0.05, 0.1) is 20.1 Å². The fourth-order valence-electron chi connectivity index (χ4n) is 1.25. The zero-order valence-corrected chi connectivity index (χ0v) is 9.33. The Morgan fingerprint density at radius 3 is 2.71 bits per heavy atom. The normalized spacial score (nSPS) is 9.76. The van der Waals surface area contributed by atoms with Gasteiger partial charge in [-0.1, -0.05) is 6.07 Å². The molecule has 0 spiro atoms. The fraction of sp³-hybridized carbons (Fsp3) is 0.273. The first kappa shape index (κ1) is 13.0. The SMILES string of the molecule is COc1ccc(CC(=O)NCC(N)=O)cc1F. The van der Waals surface area contributed by atoms with Crippen molar-refractivity contribution in [1.29, 1.82) is 0 Å². The Hall–Kier alpha value is -2.11. The maximum absolute atomic E-state index is 13.3. The third-order valence-electron chi connectivity index (χ3n) is 2.04. The Labute approximate surface area is 97.7 Å². The van der Waals surface area contributed by atoms with Gasteiger partial charge in [0, 0.05) is 0 Å². The van der Waals surface area contributed by atoms with Crippen molar-refractivity contribution >= 4 is 11.8 Å². The summed E-state index contributed by atoms with van der Waals surface area (Å²) >= 11 is 0. The number of halogens is 1. The van der Waals surface area contributed by atoms with Gasteiger partial charge in [-0.2, -0.15) is 0 Å². The molecular formula is C11H13FN2O3. The van der Waals surface area contributed by atoms with Crippen molar-refractivity contribution in [1.82, 2.24) is 5.32 Å². The van der Waals surface area contributed by atoms with E-state index in [1.165, 1.54) is 19.2 Å². The highest BCUT2D eigenvalue weighted by atomic mass is 19.1. The number of methoxy groups -OCH3 is 1. The second-order valence-electron chi connectivity index (χ2n) is 3.39. The number of benzene rings is 1. The average molecular weight is 240 g/mol. The number of rotatable bonds is 5. The van der Waals surface area contributed by atoms with Gasteiger partial charge in [-0.15, -0.1) is 0 Å². The molecule has 3 N–H and O–H groups in total. The molecule has 2 amide bonds. The van der Waals surface area contributed by atoms with Gasteiger partial charge in [0.2, 0.25) is 11.8 Å². The number of nitrogens with two attached hydrogens (primary N) is 1. The summed E-state index contributed by atoms with van der Waals surface area (Å²) < 4.78 is 18.0. The summed E-state index contributed by atoms with van der Waals surface area (Å²) in [6, 6.07) is 4.22. The van der Waals surface area contributed by atoms with Crippen molar-refractivity contribution in [3.05, 3.63) is 29.6 Å². The predicted octanol–water partition coefficient (Wildman–Crippen LogP) is -0.0217. The molecule has 17 heavy (non-hydrogen) atoms. The predicted molar refractivity (Wildman–Crippen MR) is 58.9 cm³/mol. The summed E-state index contributed by atoms with van der Waals surface area (Å²) in [4.78, 5) is 21.7. The van der Waals surface area contributed by atoms with Crippen LogP contribution in [-0.2, 0) is 16.0 Å². The lowest BCUT2D eigenvalue weighted by Gasteiger charge is -2.05. The summed E-state index contributed by atoms with van der Waals surface area (Å²) in [7, 11) is 1.36. The monoisotopic (exact) mass is 240 g/mol. The number of hydrogen-bond donors (Lipinski definition) is 2. The van der Waals surface area contributed by atoms with Crippen LogP contribution >= 0.6 is 0 Å². The number of amides is 2. The molecule has 1 rings (SSSR count). The molecule has 1 aromatic carbocycles. The minimum absolute atomic E-state index is 0.0196. The van der Waals surface area contributed by atoms with E-state index in [9.17, 15) is 14.0 Å². The zero-order chi connectivity index (χ0) is 12.8. The van der Waals surface area contributed by atoms with Crippen molar-refractivity contribution in [2.45, 2.75) is 6.42 Å². The van der Waals surface area contributed by atoms with Crippen LogP contribution in [0.25, 0.3) is 0 Å². The first-order valence-corrected chi connectivity index (χ1v) is 4.90. The van der Waals surface area contributed by atoms with Crippen LogP contribution in [-0.4, -0.2) is 25.5 Å². The molecule has 0 aromatic heterocycles. The van der Waals surface area contributed by atoms with Crippen LogP contribution in [0.15, 0.2) is 18.2 Å². The smallest absolute Gasteiger partial charge is 0.236 e. The number of nitrogens with one attached hydrogen (secondary N) is 1. The lowest BCUT2D eigenvalue weighted by Crippen LogP contribution is -2.34. The van der Waals surface area contributed by atoms with Crippen LogP contribution in [0, 0.1) is 5.82 Å². The van der Waals surface area contributed by atoms with E-state index in [0.717, 1.165) is 0 Å². The van der Waals surface area contributed by atoms with Gasteiger partial charge in [-0.05, 0) is 17.7 Å². The summed E-state index contributed by atoms with van der Waals surface area (Å²) in [6.07, 6.45) is -0.0196. The average Bonchev–Trinajstić information content (AvgIpc) is 2.26. The van der Waals surface area contributed by atoms with Crippen LogP contribution < -0.4 is 15.8 Å². The van der Waals surface area contributed by atoms with E-state index in [4.69, 9.17) is 10.5 Å². The number of ether oxygens (including phenoxy) is 1. The minimum Gasteiger partial charge on any atom is -0.494 e. The van der Waals surface area contributed by atoms with E-state index in [1.54, 1.807) is 6.07 Å². The van der Waals surface area contributed by atoms with Gasteiger partial charge in [0.15, 0.2) is 11.6 Å². The molecule has 0 aliphatic carbocycles. The highest BCUT2D eigenvalue weighted by molar-refractivity contribution is 5.84. The molecule has 0 radical (unpaired) electrons. The number of carbonyl (C=O) groups excluding carboxylic acids is 2. The fourth-order valence-corrected chi connectivity index (χ4v) is 1.25. The quantitative estimate of drug-likeness (QED) is 0.758. The lowest BCUT2D eigenvalue weighted by molar-refractivity contribution is -0.124. The topological polar surface area (TPSA) is 81.4 Å². The number of primary amides is 1. The summed E-state index contributed by atoms with van der Waals surface area (Å²) in [5.74, 6) is -1.44. The molecule has 6 heteroatoms. The third-order valence-corrected chi connectivity index (χ3v) is 2.04. The highest BCUT2D eigenvalue weighted by Crippen LogP contribution is 2.17. The largest absolute Gasteiger partial charge is 0.494 e. The summed E-state index contributed by atoms with van der Waals surface area (Å²) in [5, 5.41) is 2.31. The summed E-state index contributed by atoms with van der Waals surface area (Å²) in [5.41, 5.74) is 5.36. The Kier molecular flexibility index (Phi) is 4.45. The van der Waals surface area contributed by atoms with Gasteiger partial charge in [-0.25, -0.2) is 4.39 Å². The Bertz CT molecular complexity index is 435. The second-order valence-corrected chi connectivity index (χ2v) is 3.39. The van der Waals surface area contributed by atoms with Crippen molar-refractivity contribution in [2.24, 2.45) is 5.73 Å². The maximum Gasteiger partial charge on any atom is 0.236 e. The van der Waals surface area contributed by atoms with E-state index in [-0.39, 0.29) is 18.7 Å². The van der Waals surface area contributed by atoms with Crippen LogP contribution in [0.4, 0.5) is 4.39 Å². The first-order valence-electron chi connectivity index (χ1n) is 4.90. The van der Waals surface area contributed by atoms with Crippen molar-refractivity contribution in [3.8, 4) is 5.75 Å². The van der Waals surface area contributed by atoms with E-state index < -0.39 is 17.6 Å². The molecule has 0 unspecified atom stereocenters. The minimum atomic E-state index is -0.626. The molecule has 0 bridgehead atoms. The van der Waals surface area contributed by atoms with Gasteiger partial charge in [0.25, 0.3) is 0 Å². The molecule has 0 saturated carbocycles. The second kappa shape index (κ2) is 5.83. The molecule has 92 valence electrons. The third kappa shape index (κ3) is 4.10.